The molecule has 1 fully saturated rings. The van der Waals surface area contributed by atoms with E-state index in [9.17, 15) is 18.0 Å². The molecule has 0 aliphatic carbocycles. The van der Waals surface area contributed by atoms with Gasteiger partial charge in [0.2, 0.25) is 5.91 Å². The Hall–Kier alpha value is -3.47. The second-order valence-corrected chi connectivity index (χ2v) is 9.09. The average Bonchev–Trinajstić information content (AvgIpc) is 3.52. The first-order chi connectivity index (χ1) is 16.4. The molecule has 1 amide bonds. The van der Waals surface area contributed by atoms with Crippen LogP contribution >= 0.6 is 11.3 Å². The lowest BCUT2D eigenvalue weighted by Crippen LogP contribution is -2.42. The molecule has 176 valence electrons. The summed E-state index contributed by atoms with van der Waals surface area (Å²) in [6.45, 7) is 1.02. The predicted molar refractivity (Wildman–Crippen MR) is 121 cm³/mol. The Bertz CT molecular complexity index is 1270. The molecule has 0 radical (unpaired) electrons. The fourth-order valence-electron chi connectivity index (χ4n) is 4.18. The lowest BCUT2D eigenvalue weighted by Gasteiger charge is -2.32. The number of nitrogens with zero attached hydrogens (tertiary/aromatic N) is 5. The summed E-state index contributed by atoms with van der Waals surface area (Å²) < 4.78 is 40.2. The molecule has 1 N–H and O–H groups in total. The third kappa shape index (κ3) is 4.47. The smallest absolute Gasteiger partial charge is 0.355 e. The Kier molecular flexibility index (Phi) is 5.94. The van der Waals surface area contributed by atoms with Crippen LogP contribution in [-0.2, 0) is 11.0 Å². The highest BCUT2D eigenvalue weighted by atomic mass is 32.1. The molecule has 11 heteroatoms. The Balaban J connectivity index is 1.27. The van der Waals surface area contributed by atoms with Crippen LogP contribution in [0.3, 0.4) is 0 Å². The fraction of sp³-hybridized carbons (Fsp3) is 0.304. The number of carbonyl (C=O) groups excluding carboxylic acids is 1. The molecule has 1 atom stereocenters. The van der Waals surface area contributed by atoms with Crippen LogP contribution in [0.2, 0.25) is 0 Å². The number of thiophene rings is 1. The minimum Gasteiger partial charge on any atom is -0.355 e. The number of carbonyl (C=O) groups is 1. The zero-order chi connectivity index (χ0) is 23.7. The number of anilines is 1. The van der Waals surface area contributed by atoms with Gasteiger partial charge >= 0.3 is 6.18 Å². The van der Waals surface area contributed by atoms with Crippen LogP contribution in [0.5, 0.6) is 0 Å². The molecule has 1 unspecified atom stereocenters. The number of hydrogen-bond acceptors (Lipinski definition) is 6. The van der Waals surface area contributed by atoms with Crippen LogP contribution in [0.25, 0.3) is 5.65 Å². The van der Waals surface area contributed by atoms with E-state index in [1.807, 2.05) is 52.7 Å². The molecular weight excluding hydrogens is 465 g/mol. The number of halogens is 3. The molecule has 5 rings (SSSR count). The molecule has 1 aromatic carbocycles. The van der Waals surface area contributed by atoms with Crippen molar-refractivity contribution in [3.05, 3.63) is 76.2 Å². The van der Waals surface area contributed by atoms with E-state index in [1.54, 1.807) is 17.4 Å². The normalized spacial score (nSPS) is 16.0. The molecule has 3 aromatic heterocycles. The van der Waals surface area contributed by atoms with Crippen LogP contribution in [0.4, 0.5) is 19.0 Å². The van der Waals surface area contributed by atoms with Crippen molar-refractivity contribution in [2.45, 2.75) is 25.1 Å². The summed E-state index contributed by atoms with van der Waals surface area (Å²) in [7, 11) is 0. The highest BCUT2D eigenvalue weighted by Crippen LogP contribution is 2.30. The van der Waals surface area contributed by atoms with E-state index >= 15 is 0 Å². The number of alkyl halides is 3. The second-order valence-electron chi connectivity index (χ2n) is 8.11. The maximum absolute atomic E-state index is 13.2. The van der Waals surface area contributed by atoms with E-state index in [1.165, 1.54) is 6.07 Å². The lowest BCUT2D eigenvalue weighted by molar-refractivity contribution is -0.146. The largest absolute Gasteiger partial charge is 0.453 e. The van der Waals surface area contributed by atoms with Gasteiger partial charge in [0.25, 0.3) is 5.82 Å². The van der Waals surface area contributed by atoms with Crippen molar-refractivity contribution in [2.24, 2.45) is 5.92 Å². The van der Waals surface area contributed by atoms with Crippen molar-refractivity contribution in [3.63, 3.8) is 0 Å². The highest BCUT2D eigenvalue weighted by Gasteiger charge is 2.38. The Morgan fingerprint density at radius 3 is 2.47 bits per heavy atom. The molecule has 1 aliphatic heterocycles. The Morgan fingerprint density at radius 2 is 1.79 bits per heavy atom. The maximum Gasteiger partial charge on any atom is 0.453 e. The van der Waals surface area contributed by atoms with Gasteiger partial charge in [0.1, 0.15) is 5.82 Å². The van der Waals surface area contributed by atoms with Crippen LogP contribution in [0, 0.1) is 5.92 Å². The molecule has 1 aliphatic rings. The lowest BCUT2D eigenvalue weighted by atomic mass is 9.94. The highest BCUT2D eigenvalue weighted by molar-refractivity contribution is 7.10. The van der Waals surface area contributed by atoms with E-state index in [4.69, 9.17) is 0 Å². The van der Waals surface area contributed by atoms with Crippen molar-refractivity contribution in [1.29, 1.82) is 0 Å². The third-order valence-corrected chi connectivity index (χ3v) is 6.88. The minimum atomic E-state index is -4.64. The zero-order valence-electron chi connectivity index (χ0n) is 17.9. The number of aromatic nitrogens is 4. The van der Waals surface area contributed by atoms with E-state index in [0.29, 0.717) is 31.7 Å². The molecular formula is C23H21F3N6OS. The standard InChI is InChI=1S/C23H21F3N6OS/c24-23(25,26)22-29-28-18-8-9-19(30-32(18)22)31-12-10-16(11-13-31)21(33)27-20(17-7-4-14-34-17)15-5-2-1-3-6-15/h1-9,14,16,20H,10-13H2,(H,27,33). The van der Waals surface area contributed by atoms with E-state index in [2.05, 4.69) is 20.6 Å². The van der Waals surface area contributed by atoms with E-state index in [-0.39, 0.29) is 23.5 Å². The van der Waals surface area contributed by atoms with Gasteiger partial charge in [-0.1, -0.05) is 36.4 Å². The number of hydrogen-bond donors (Lipinski definition) is 1. The minimum absolute atomic E-state index is 0.0246. The summed E-state index contributed by atoms with van der Waals surface area (Å²) in [5.74, 6) is -0.966. The summed E-state index contributed by atoms with van der Waals surface area (Å²) in [6, 6.07) is 16.7. The molecule has 7 nitrogen and oxygen atoms in total. The quantitative estimate of drug-likeness (QED) is 0.455. The van der Waals surface area contributed by atoms with Gasteiger partial charge in [-0.15, -0.1) is 26.6 Å². The first-order valence-electron chi connectivity index (χ1n) is 10.8. The molecule has 0 spiro atoms. The van der Waals surface area contributed by atoms with Gasteiger partial charge in [0.05, 0.1) is 6.04 Å². The Labute approximate surface area is 197 Å². The molecule has 0 bridgehead atoms. The van der Waals surface area contributed by atoms with Crippen LogP contribution in [0.1, 0.15) is 35.1 Å². The first kappa shape index (κ1) is 22.3. The van der Waals surface area contributed by atoms with Crippen molar-refractivity contribution in [2.75, 3.05) is 18.0 Å². The fourth-order valence-corrected chi connectivity index (χ4v) is 4.98. The van der Waals surface area contributed by atoms with Crippen molar-refractivity contribution < 1.29 is 18.0 Å². The summed E-state index contributed by atoms with van der Waals surface area (Å²) in [5, 5.41) is 16.1. The number of nitrogens with one attached hydrogen (secondary N) is 1. The first-order valence-corrected chi connectivity index (χ1v) is 11.7. The Morgan fingerprint density at radius 1 is 1.03 bits per heavy atom. The topological polar surface area (TPSA) is 75.4 Å². The van der Waals surface area contributed by atoms with Crippen LogP contribution in [-0.4, -0.2) is 38.8 Å². The summed E-state index contributed by atoms with van der Waals surface area (Å²) in [5.41, 5.74) is 1.05. The van der Waals surface area contributed by atoms with Gasteiger partial charge in [-0.05, 0) is 42.0 Å². The third-order valence-electron chi connectivity index (χ3n) is 5.94. The van der Waals surface area contributed by atoms with Gasteiger partial charge in [-0.3, -0.25) is 4.79 Å². The number of rotatable bonds is 5. The number of fused-ring (bicyclic) bond motifs is 1. The summed E-state index contributed by atoms with van der Waals surface area (Å²) >= 11 is 1.59. The monoisotopic (exact) mass is 486 g/mol. The van der Waals surface area contributed by atoms with Gasteiger partial charge in [-0.25, -0.2) is 0 Å². The number of benzene rings is 1. The van der Waals surface area contributed by atoms with E-state index < -0.39 is 12.0 Å². The van der Waals surface area contributed by atoms with Crippen LogP contribution in [0.15, 0.2) is 60.0 Å². The molecule has 1 saturated heterocycles. The maximum atomic E-state index is 13.2. The number of amides is 1. The van der Waals surface area contributed by atoms with Gasteiger partial charge in [0.15, 0.2) is 5.65 Å². The zero-order valence-corrected chi connectivity index (χ0v) is 18.8. The van der Waals surface area contributed by atoms with E-state index in [0.717, 1.165) is 15.0 Å². The molecule has 34 heavy (non-hydrogen) atoms. The van der Waals surface area contributed by atoms with Crippen LogP contribution < -0.4 is 10.2 Å². The predicted octanol–water partition coefficient (Wildman–Crippen LogP) is 4.33. The molecule has 4 heterocycles. The molecule has 0 saturated carbocycles. The van der Waals surface area contributed by atoms with Gasteiger partial charge < -0.3 is 10.2 Å². The van der Waals surface area contributed by atoms with Gasteiger partial charge in [-0.2, -0.15) is 17.7 Å². The molecule has 4 aromatic rings. The van der Waals surface area contributed by atoms with Gasteiger partial charge in [0, 0.05) is 23.9 Å². The van der Waals surface area contributed by atoms with Crippen molar-refractivity contribution >= 4 is 28.7 Å². The SMILES string of the molecule is O=C(NC(c1ccccc1)c1cccs1)C1CCN(c2ccc3nnc(C(F)(F)F)n3n2)CC1. The number of piperidine rings is 1. The summed E-state index contributed by atoms with van der Waals surface area (Å²) in [6.07, 6.45) is -3.49. The summed E-state index contributed by atoms with van der Waals surface area (Å²) in [4.78, 5) is 16.1. The average molecular weight is 487 g/mol. The van der Waals surface area contributed by atoms with Crippen molar-refractivity contribution in [3.8, 4) is 0 Å². The second kappa shape index (κ2) is 9.05. The van der Waals surface area contributed by atoms with Crippen molar-refractivity contribution in [1.82, 2.24) is 25.1 Å².